The summed E-state index contributed by atoms with van der Waals surface area (Å²) in [5.41, 5.74) is 0. The first kappa shape index (κ1) is 9.48. The van der Waals surface area contributed by atoms with E-state index in [-0.39, 0.29) is 6.61 Å². The molecule has 1 fully saturated rings. The Morgan fingerprint density at radius 1 is 1.75 bits per heavy atom. The van der Waals surface area contributed by atoms with Crippen LogP contribution in [-0.2, 0) is 9.53 Å². The summed E-state index contributed by atoms with van der Waals surface area (Å²) >= 11 is 0. The summed E-state index contributed by atoms with van der Waals surface area (Å²) in [5, 5.41) is 8.31. The third-order valence-electron chi connectivity index (χ3n) is 2.21. The molecule has 0 unspecified atom stereocenters. The zero-order valence-corrected chi connectivity index (χ0v) is 7.32. The van der Waals surface area contributed by atoms with Gasteiger partial charge in [-0.25, -0.2) is 4.79 Å². The summed E-state index contributed by atoms with van der Waals surface area (Å²) in [4.78, 5) is 12.3. The van der Waals surface area contributed by atoms with Crippen LogP contribution in [-0.4, -0.2) is 48.8 Å². The molecule has 4 nitrogen and oxygen atoms in total. The Kier molecular flexibility index (Phi) is 3.49. The molecule has 1 aliphatic heterocycles. The monoisotopic (exact) mass is 173 g/mol. The van der Waals surface area contributed by atoms with Crippen molar-refractivity contribution in [3.63, 3.8) is 0 Å². The van der Waals surface area contributed by atoms with Gasteiger partial charge in [-0.2, -0.15) is 0 Å². The summed E-state index contributed by atoms with van der Waals surface area (Å²) in [5.74, 6) is -0.893. The van der Waals surface area contributed by atoms with Crippen LogP contribution in [0.25, 0.3) is 0 Å². The molecule has 70 valence electrons. The van der Waals surface area contributed by atoms with Crippen LogP contribution in [0.2, 0.25) is 0 Å². The number of likely N-dealkylation sites (tertiary alicyclic amines) is 1. The summed E-state index contributed by atoms with van der Waals surface area (Å²) < 4.78 is 5.01. The van der Waals surface area contributed by atoms with E-state index in [9.17, 15) is 4.79 Å². The number of carboxylic acid groups (broad SMARTS) is 1. The maximum Gasteiger partial charge on any atom is 0.329 e. The minimum atomic E-state index is -0.893. The van der Waals surface area contributed by atoms with Gasteiger partial charge in [-0.3, -0.25) is 0 Å². The Hall–Kier alpha value is -0.610. The molecule has 0 spiro atoms. The fourth-order valence-electron chi connectivity index (χ4n) is 1.47. The zero-order chi connectivity index (χ0) is 8.97. The van der Waals surface area contributed by atoms with Crippen LogP contribution < -0.4 is 0 Å². The molecule has 1 heterocycles. The van der Waals surface area contributed by atoms with E-state index in [1.165, 1.54) is 6.42 Å². The van der Waals surface area contributed by atoms with Crippen molar-refractivity contribution in [1.82, 2.24) is 4.90 Å². The Morgan fingerprint density at radius 2 is 2.50 bits per heavy atom. The molecule has 0 aromatic heterocycles. The molecule has 1 rings (SSSR count). The van der Waals surface area contributed by atoms with Crippen LogP contribution in [0.15, 0.2) is 0 Å². The van der Waals surface area contributed by atoms with E-state index in [1.54, 1.807) is 0 Å². The van der Waals surface area contributed by atoms with Gasteiger partial charge in [0.1, 0.15) is 6.61 Å². The molecule has 0 aliphatic carbocycles. The number of hydrogen-bond acceptors (Lipinski definition) is 3. The van der Waals surface area contributed by atoms with Gasteiger partial charge in [0.25, 0.3) is 0 Å². The molecule has 0 aromatic carbocycles. The third kappa shape index (κ3) is 2.79. The highest BCUT2D eigenvalue weighted by Crippen LogP contribution is 2.14. The van der Waals surface area contributed by atoms with Gasteiger partial charge in [-0.15, -0.1) is 0 Å². The second-order valence-corrected chi connectivity index (χ2v) is 3.19. The Labute approximate surface area is 72.1 Å². The lowest BCUT2D eigenvalue weighted by Crippen LogP contribution is -2.30. The standard InChI is InChI=1S/C8H15NO3/c1-9-4-2-3-7(9)5-12-6-8(10)11/h7H,2-6H2,1H3,(H,10,11)/t7-/m1/s1. The fraction of sp³-hybridized carbons (Fsp3) is 0.875. The summed E-state index contributed by atoms with van der Waals surface area (Å²) in [6.07, 6.45) is 2.31. The van der Waals surface area contributed by atoms with Crippen LogP contribution >= 0.6 is 0 Å². The van der Waals surface area contributed by atoms with Gasteiger partial charge in [-0.05, 0) is 26.4 Å². The number of ether oxygens (including phenoxy) is 1. The van der Waals surface area contributed by atoms with Crippen LogP contribution in [0, 0.1) is 0 Å². The number of hydrogen-bond donors (Lipinski definition) is 1. The van der Waals surface area contributed by atoms with Crippen LogP contribution in [0.4, 0.5) is 0 Å². The van der Waals surface area contributed by atoms with Crippen LogP contribution in [0.3, 0.4) is 0 Å². The van der Waals surface area contributed by atoms with Crippen molar-refractivity contribution < 1.29 is 14.6 Å². The summed E-state index contributed by atoms with van der Waals surface area (Å²) in [7, 11) is 2.04. The molecule has 12 heavy (non-hydrogen) atoms. The van der Waals surface area contributed by atoms with Crippen molar-refractivity contribution in [1.29, 1.82) is 0 Å². The molecule has 4 heteroatoms. The van der Waals surface area contributed by atoms with Crippen LogP contribution in [0.5, 0.6) is 0 Å². The third-order valence-corrected chi connectivity index (χ3v) is 2.21. The van der Waals surface area contributed by atoms with Crippen molar-refractivity contribution in [2.45, 2.75) is 18.9 Å². The van der Waals surface area contributed by atoms with Gasteiger partial charge in [-0.1, -0.05) is 0 Å². The molecule has 1 N–H and O–H groups in total. The molecule has 0 bridgehead atoms. The van der Waals surface area contributed by atoms with Gasteiger partial charge in [0.05, 0.1) is 6.61 Å². The van der Waals surface area contributed by atoms with E-state index in [0.29, 0.717) is 12.6 Å². The normalized spacial score (nSPS) is 24.6. The fourth-order valence-corrected chi connectivity index (χ4v) is 1.47. The molecule has 1 aliphatic rings. The lowest BCUT2D eigenvalue weighted by molar-refractivity contribution is -0.142. The maximum atomic E-state index is 10.1. The molecular formula is C8H15NO3. The predicted molar refractivity (Wildman–Crippen MR) is 44.1 cm³/mol. The highest BCUT2D eigenvalue weighted by atomic mass is 16.5. The Morgan fingerprint density at radius 3 is 3.00 bits per heavy atom. The first-order valence-electron chi connectivity index (χ1n) is 4.20. The molecule has 0 radical (unpaired) electrons. The number of aliphatic carboxylic acids is 1. The molecule has 0 saturated carbocycles. The highest BCUT2D eigenvalue weighted by Gasteiger charge is 2.20. The maximum absolute atomic E-state index is 10.1. The van der Waals surface area contributed by atoms with Gasteiger partial charge in [0.2, 0.25) is 0 Å². The molecule has 0 amide bonds. The van der Waals surface area contributed by atoms with E-state index in [1.807, 2.05) is 7.05 Å². The van der Waals surface area contributed by atoms with Crippen molar-refractivity contribution in [3.8, 4) is 0 Å². The largest absolute Gasteiger partial charge is 0.480 e. The topological polar surface area (TPSA) is 49.8 Å². The average Bonchev–Trinajstić information content (AvgIpc) is 2.36. The lowest BCUT2D eigenvalue weighted by atomic mass is 10.2. The van der Waals surface area contributed by atoms with E-state index in [4.69, 9.17) is 9.84 Å². The number of carboxylic acids is 1. The highest BCUT2D eigenvalue weighted by molar-refractivity contribution is 5.67. The first-order valence-corrected chi connectivity index (χ1v) is 4.20. The number of rotatable bonds is 4. The van der Waals surface area contributed by atoms with Gasteiger partial charge >= 0.3 is 5.97 Å². The van der Waals surface area contributed by atoms with Crippen LogP contribution in [0.1, 0.15) is 12.8 Å². The zero-order valence-electron chi connectivity index (χ0n) is 7.32. The lowest BCUT2D eigenvalue weighted by Gasteiger charge is -2.18. The van der Waals surface area contributed by atoms with Crippen molar-refractivity contribution >= 4 is 5.97 Å². The Balaban J connectivity index is 2.10. The predicted octanol–water partition coefficient (Wildman–Crippen LogP) is 0.182. The molecule has 1 saturated heterocycles. The van der Waals surface area contributed by atoms with Gasteiger partial charge in [0.15, 0.2) is 0 Å². The number of nitrogens with zero attached hydrogens (tertiary/aromatic N) is 1. The molecular weight excluding hydrogens is 158 g/mol. The van der Waals surface area contributed by atoms with Gasteiger partial charge in [0, 0.05) is 6.04 Å². The average molecular weight is 173 g/mol. The number of carbonyl (C=O) groups is 1. The van der Waals surface area contributed by atoms with Gasteiger partial charge < -0.3 is 14.7 Å². The first-order chi connectivity index (χ1) is 5.70. The second kappa shape index (κ2) is 4.42. The molecule has 0 aromatic rings. The van der Waals surface area contributed by atoms with E-state index < -0.39 is 5.97 Å². The van der Waals surface area contributed by atoms with Crippen molar-refractivity contribution in [2.24, 2.45) is 0 Å². The quantitative estimate of drug-likeness (QED) is 0.659. The summed E-state index contributed by atoms with van der Waals surface area (Å²) in [6.45, 7) is 1.47. The number of likely N-dealkylation sites (N-methyl/N-ethyl adjacent to an activating group) is 1. The minimum Gasteiger partial charge on any atom is -0.480 e. The smallest absolute Gasteiger partial charge is 0.329 e. The van der Waals surface area contributed by atoms with E-state index in [2.05, 4.69) is 4.90 Å². The Bertz CT molecular complexity index is 160. The minimum absolute atomic E-state index is 0.176. The van der Waals surface area contributed by atoms with E-state index in [0.717, 1.165) is 13.0 Å². The SMILES string of the molecule is CN1CCC[C@@H]1COCC(=O)O. The van der Waals surface area contributed by atoms with Crippen molar-refractivity contribution in [2.75, 3.05) is 26.8 Å². The van der Waals surface area contributed by atoms with E-state index >= 15 is 0 Å². The second-order valence-electron chi connectivity index (χ2n) is 3.19. The summed E-state index contributed by atoms with van der Waals surface area (Å²) in [6, 6.07) is 0.421. The molecule has 1 atom stereocenters. The van der Waals surface area contributed by atoms with Crippen molar-refractivity contribution in [3.05, 3.63) is 0 Å².